The molecule has 3 saturated heterocycles. The highest BCUT2D eigenvalue weighted by Crippen LogP contribution is 2.57. The summed E-state index contributed by atoms with van der Waals surface area (Å²) < 4.78 is 0. The van der Waals surface area contributed by atoms with Gasteiger partial charge in [0.1, 0.15) is 0 Å². The lowest BCUT2D eigenvalue weighted by atomic mass is 9.56. The molecule has 3 aromatic rings. The molecule has 1 aromatic heterocycles. The van der Waals surface area contributed by atoms with Gasteiger partial charge in [-0.1, -0.05) is 18.2 Å². The minimum absolute atomic E-state index is 0.177. The number of carbonyl (C=O) groups is 1. The molecule has 0 unspecified atom stereocenters. The summed E-state index contributed by atoms with van der Waals surface area (Å²) in [5, 5.41) is 10.9. The van der Waals surface area contributed by atoms with E-state index in [1.807, 2.05) is 4.90 Å². The van der Waals surface area contributed by atoms with Crippen molar-refractivity contribution in [3.8, 4) is 6.07 Å². The molecule has 6 heteroatoms. The van der Waals surface area contributed by atoms with E-state index < -0.39 is 0 Å². The van der Waals surface area contributed by atoms with Crippen molar-refractivity contribution >= 4 is 16.8 Å². The number of piperidine rings is 1. The molecule has 1 N–H and O–H groups in total. The maximum absolute atomic E-state index is 13.4. The molecule has 5 fully saturated rings. The summed E-state index contributed by atoms with van der Waals surface area (Å²) in [6.07, 6.45) is 9.04. The molecule has 1 atom stereocenters. The molecule has 2 aromatic carbocycles. The van der Waals surface area contributed by atoms with Crippen LogP contribution in [0.25, 0.3) is 10.9 Å². The Kier molecular flexibility index (Phi) is 6.34. The number of aromatic nitrogens is 1. The van der Waals surface area contributed by atoms with Crippen LogP contribution in [0.5, 0.6) is 0 Å². The van der Waals surface area contributed by atoms with Gasteiger partial charge in [0, 0.05) is 78.8 Å². The van der Waals surface area contributed by atoms with Crippen LogP contribution in [0.4, 0.5) is 0 Å². The number of benzene rings is 2. The van der Waals surface area contributed by atoms with E-state index in [-0.39, 0.29) is 17.2 Å². The zero-order valence-electron chi connectivity index (χ0n) is 26.0. The number of aromatic amines is 1. The number of aryl methyl sites for hydroxylation is 1. The molecule has 0 bridgehead atoms. The lowest BCUT2D eigenvalue weighted by Gasteiger charge is -2.61. The first-order valence-corrected chi connectivity index (χ1v) is 16.6. The van der Waals surface area contributed by atoms with Crippen molar-refractivity contribution in [1.29, 1.82) is 5.26 Å². The second-order valence-corrected chi connectivity index (χ2v) is 15.3. The minimum Gasteiger partial charge on any atom is -0.361 e. The largest absolute Gasteiger partial charge is 0.361 e. The number of nitrogens with zero attached hydrogens (tertiary/aromatic N) is 4. The first-order valence-electron chi connectivity index (χ1n) is 16.6. The van der Waals surface area contributed by atoms with E-state index >= 15 is 0 Å². The molecule has 3 aliphatic heterocycles. The van der Waals surface area contributed by atoms with Crippen molar-refractivity contribution in [3.63, 3.8) is 0 Å². The highest BCUT2D eigenvalue weighted by molar-refractivity contribution is 5.95. The number of hydrogen-bond acceptors (Lipinski definition) is 4. The highest BCUT2D eigenvalue weighted by atomic mass is 16.2. The lowest BCUT2D eigenvalue weighted by molar-refractivity contribution is -0.109. The van der Waals surface area contributed by atoms with Crippen LogP contribution in [0.15, 0.2) is 42.6 Å². The maximum Gasteiger partial charge on any atom is 0.253 e. The van der Waals surface area contributed by atoms with Gasteiger partial charge in [0.25, 0.3) is 5.91 Å². The fourth-order valence-corrected chi connectivity index (χ4v) is 9.09. The third kappa shape index (κ3) is 4.62. The van der Waals surface area contributed by atoms with E-state index in [2.05, 4.69) is 84.2 Å². The van der Waals surface area contributed by atoms with Crippen molar-refractivity contribution in [2.75, 3.05) is 32.7 Å². The van der Waals surface area contributed by atoms with Gasteiger partial charge in [0.15, 0.2) is 0 Å². The topological polar surface area (TPSA) is 66.4 Å². The lowest BCUT2D eigenvalue weighted by Crippen LogP contribution is -2.73. The van der Waals surface area contributed by atoms with Crippen molar-refractivity contribution < 1.29 is 4.79 Å². The van der Waals surface area contributed by atoms with Crippen molar-refractivity contribution in [2.24, 2.45) is 16.7 Å². The van der Waals surface area contributed by atoms with Crippen LogP contribution in [0.2, 0.25) is 0 Å². The zero-order chi connectivity index (χ0) is 29.5. The van der Waals surface area contributed by atoms with Gasteiger partial charge in [-0.3, -0.25) is 14.6 Å². The van der Waals surface area contributed by atoms with Crippen molar-refractivity contribution in [2.45, 2.75) is 83.8 Å². The van der Waals surface area contributed by atoms with Gasteiger partial charge < -0.3 is 9.88 Å². The molecule has 6 nitrogen and oxygen atoms in total. The molecule has 2 saturated carbocycles. The molecule has 43 heavy (non-hydrogen) atoms. The van der Waals surface area contributed by atoms with E-state index in [0.717, 1.165) is 64.1 Å². The Labute approximate surface area is 256 Å². The summed E-state index contributed by atoms with van der Waals surface area (Å²) in [5.41, 5.74) is 8.41. The van der Waals surface area contributed by atoms with Gasteiger partial charge in [-0.15, -0.1) is 0 Å². The van der Waals surface area contributed by atoms with Gasteiger partial charge in [-0.25, -0.2) is 0 Å². The maximum atomic E-state index is 13.4. The quantitative estimate of drug-likeness (QED) is 0.352. The average Bonchev–Trinajstić information content (AvgIpc) is 3.66. The molecule has 8 rings (SSSR count). The van der Waals surface area contributed by atoms with Crippen molar-refractivity contribution in [3.05, 3.63) is 70.4 Å². The normalized spacial score (nSPS) is 28.6. The van der Waals surface area contributed by atoms with E-state index in [9.17, 15) is 10.1 Å². The fourth-order valence-electron chi connectivity index (χ4n) is 9.09. The van der Waals surface area contributed by atoms with Gasteiger partial charge in [0.05, 0.1) is 6.07 Å². The highest BCUT2D eigenvalue weighted by Gasteiger charge is 2.53. The Bertz CT molecular complexity index is 1590. The fraction of sp³-hybridized carbons (Fsp3) is 0.568. The number of nitrogens with one attached hydrogen (secondary N) is 1. The Hall–Kier alpha value is -3.14. The second-order valence-electron chi connectivity index (χ2n) is 15.3. The third-order valence-corrected chi connectivity index (χ3v) is 11.8. The molecule has 4 heterocycles. The summed E-state index contributed by atoms with van der Waals surface area (Å²) in [5.74, 6) is 1.09. The molecule has 5 aliphatic rings. The van der Waals surface area contributed by atoms with Crippen LogP contribution < -0.4 is 0 Å². The van der Waals surface area contributed by atoms with Gasteiger partial charge >= 0.3 is 0 Å². The number of amides is 1. The zero-order valence-corrected chi connectivity index (χ0v) is 26.0. The summed E-state index contributed by atoms with van der Waals surface area (Å²) in [7, 11) is 0. The molecular weight excluding hydrogens is 530 g/mol. The van der Waals surface area contributed by atoms with E-state index in [0.29, 0.717) is 23.4 Å². The summed E-state index contributed by atoms with van der Waals surface area (Å²) in [6.45, 7) is 12.8. The molecule has 2 aliphatic carbocycles. The Morgan fingerprint density at radius 2 is 1.79 bits per heavy atom. The van der Waals surface area contributed by atoms with Crippen LogP contribution in [0.3, 0.4) is 0 Å². The number of likely N-dealkylation sites (tertiary alicyclic amines) is 3. The van der Waals surface area contributed by atoms with Crippen LogP contribution in [0.1, 0.15) is 96.9 Å². The first-order chi connectivity index (χ1) is 20.8. The third-order valence-electron chi connectivity index (χ3n) is 11.8. The smallest absolute Gasteiger partial charge is 0.253 e. The minimum atomic E-state index is 0.177. The number of H-pyrrole nitrogens is 1. The standard InChI is InChI=1S/C37H45N5O/c1-24(2)41-20-37(21-41)22-42(23-37)35(43)29-8-6-28(7-9-29)33-17-36(15-26(16-36)18-38)11-13-40(33)19-32-30-10-12-39-34(30)25(3)14-31(32)27-4-5-27/h6-10,12,14,24,26-27,33,39H,4-5,11,13,15-17,19-23H2,1-3H3/t26?,33-,36?/m0/s1. The number of nitriles is 1. The average molecular weight is 576 g/mol. The Morgan fingerprint density at radius 3 is 2.47 bits per heavy atom. The van der Waals surface area contributed by atoms with E-state index in [1.54, 1.807) is 5.56 Å². The summed E-state index contributed by atoms with van der Waals surface area (Å²) >= 11 is 0. The van der Waals surface area contributed by atoms with Gasteiger partial charge in [-0.2, -0.15) is 5.26 Å². The SMILES string of the molecule is Cc1cc(C2CC2)c(CN2CCC3(CC(C#N)C3)C[C@H]2c2ccc(C(=O)N3CC4(C3)CN(C(C)C)C4)cc2)c2cc[nH]c12. The van der Waals surface area contributed by atoms with E-state index in [4.69, 9.17) is 0 Å². The number of carbonyl (C=O) groups excluding carboxylic acids is 1. The summed E-state index contributed by atoms with van der Waals surface area (Å²) in [6, 6.07) is 16.7. The first kappa shape index (κ1) is 27.4. The van der Waals surface area contributed by atoms with Crippen molar-refractivity contribution in [1.82, 2.24) is 19.7 Å². The van der Waals surface area contributed by atoms with Crippen LogP contribution in [0, 0.1) is 35.0 Å². The molecular formula is C37H45N5O. The van der Waals surface area contributed by atoms with Crippen LogP contribution in [-0.4, -0.2) is 64.4 Å². The number of rotatable bonds is 6. The monoisotopic (exact) mass is 575 g/mol. The Morgan fingerprint density at radius 1 is 1.05 bits per heavy atom. The number of fused-ring (bicyclic) bond motifs is 1. The second kappa shape index (κ2) is 9.94. The number of hydrogen-bond donors (Lipinski definition) is 1. The van der Waals surface area contributed by atoms with Crippen LogP contribution in [-0.2, 0) is 6.54 Å². The van der Waals surface area contributed by atoms with E-state index in [1.165, 1.54) is 46.9 Å². The van der Waals surface area contributed by atoms with Crippen LogP contribution >= 0.6 is 0 Å². The molecule has 0 radical (unpaired) electrons. The summed E-state index contributed by atoms with van der Waals surface area (Å²) in [4.78, 5) is 24.2. The van der Waals surface area contributed by atoms with Gasteiger partial charge in [0.2, 0.25) is 0 Å². The molecule has 2 spiro atoms. The molecule has 1 amide bonds. The Balaban J connectivity index is 1.04. The predicted molar refractivity (Wildman–Crippen MR) is 170 cm³/mol. The predicted octanol–water partition coefficient (Wildman–Crippen LogP) is 6.78. The molecule has 224 valence electrons. The van der Waals surface area contributed by atoms with Gasteiger partial charge in [-0.05, 0) is 118 Å².